The van der Waals surface area contributed by atoms with Crippen LogP contribution in [0.3, 0.4) is 0 Å². The molecule has 0 fully saturated rings. The second kappa shape index (κ2) is 5.88. The largest absolute Gasteiger partial charge is 0.349 e. The minimum Gasteiger partial charge on any atom is -0.349 e. The van der Waals surface area contributed by atoms with Crippen molar-refractivity contribution in [2.45, 2.75) is 0 Å². The van der Waals surface area contributed by atoms with E-state index >= 15 is 0 Å². The molecule has 9 heteroatoms. The van der Waals surface area contributed by atoms with Gasteiger partial charge in [-0.25, -0.2) is 9.37 Å². The maximum atomic E-state index is 13.4. The number of fused-ring (bicyclic) bond motifs is 3. The molecule has 128 valence electrons. The average molecular weight is 351 g/mol. The molecule has 0 amide bonds. The number of hydrogen-bond acceptors (Lipinski definition) is 5. The van der Waals surface area contributed by atoms with E-state index in [9.17, 15) is 19.3 Å². The molecular formula is C17H10FN5O3. The Kier molecular flexibility index (Phi) is 3.54. The van der Waals surface area contributed by atoms with Gasteiger partial charge in [-0.3, -0.25) is 14.9 Å². The number of nitrogens with one attached hydrogen (secondary N) is 1. The van der Waals surface area contributed by atoms with Gasteiger partial charge >= 0.3 is 0 Å². The summed E-state index contributed by atoms with van der Waals surface area (Å²) in [6.07, 6.45) is 2.54. The summed E-state index contributed by atoms with van der Waals surface area (Å²) in [7, 11) is 0. The van der Waals surface area contributed by atoms with E-state index in [1.165, 1.54) is 48.9 Å². The molecule has 0 aliphatic rings. The molecule has 0 atom stereocenters. The summed E-state index contributed by atoms with van der Waals surface area (Å²) in [4.78, 5) is 29.9. The number of non-ortho nitro benzene ring substituents is 1. The summed E-state index contributed by atoms with van der Waals surface area (Å²) in [6, 6.07) is 9.97. The first-order valence-electron chi connectivity index (χ1n) is 7.50. The van der Waals surface area contributed by atoms with Crippen LogP contribution in [0.25, 0.3) is 21.9 Å². The van der Waals surface area contributed by atoms with Crippen LogP contribution in [0.2, 0.25) is 0 Å². The number of halogens is 1. The fraction of sp³-hybridized carbons (Fsp3) is 0. The molecular weight excluding hydrogens is 341 g/mol. The van der Waals surface area contributed by atoms with Crippen molar-refractivity contribution in [1.29, 1.82) is 0 Å². The standard InChI is InChI=1S/C17H10FN5O3/c18-11-4-5-14-13(7-11)15-16(21-14)17(24)22(9-19-15)20-8-10-2-1-3-12(6-10)23(25)26/h1-9,21H. The van der Waals surface area contributed by atoms with Gasteiger partial charge in [-0.05, 0) is 18.2 Å². The molecule has 0 saturated heterocycles. The number of H-pyrrole nitrogens is 1. The quantitative estimate of drug-likeness (QED) is 0.348. The van der Waals surface area contributed by atoms with E-state index in [1.54, 1.807) is 6.07 Å². The highest BCUT2D eigenvalue weighted by atomic mass is 19.1. The molecule has 0 spiro atoms. The summed E-state index contributed by atoms with van der Waals surface area (Å²) in [5.41, 5.74) is 1.06. The minimum absolute atomic E-state index is 0.0764. The number of nitrogens with zero attached hydrogens (tertiary/aromatic N) is 4. The van der Waals surface area contributed by atoms with Crippen molar-refractivity contribution >= 4 is 33.8 Å². The summed E-state index contributed by atoms with van der Waals surface area (Å²) >= 11 is 0. The highest BCUT2D eigenvalue weighted by molar-refractivity contribution is 6.04. The van der Waals surface area contributed by atoms with E-state index in [1.807, 2.05) is 0 Å². The molecule has 0 aliphatic carbocycles. The van der Waals surface area contributed by atoms with Crippen LogP contribution in [0.15, 0.2) is 58.7 Å². The second-order valence-electron chi connectivity index (χ2n) is 5.53. The van der Waals surface area contributed by atoms with Crippen molar-refractivity contribution in [3.63, 3.8) is 0 Å². The van der Waals surface area contributed by atoms with E-state index in [2.05, 4.69) is 15.1 Å². The second-order valence-corrected chi connectivity index (χ2v) is 5.53. The van der Waals surface area contributed by atoms with Gasteiger partial charge in [0.15, 0.2) is 0 Å². The van der Waals surface area contributed by atoms with Gasteiger partial charge in [0.2, 0.25) is 0 Å². The predicted octanol–water partition coefficient (Wildman–Crippen LogP) is 2.81. The molecule has 0 radical (unpaired) electrons. The molecule has 0 unspecified atom stereocenters. The van der Waals surface area contributed by atoms with E-state index < -0.39 is 16.3 Å². The Morgan fingerprint density at radius 1 is 1.27 bits per heavy atom. The fourth-order valence-corrected chi connectivity index (χ4v) is 2.65. The van der Waals surface area contributed by atoms with Gasteiger partial charge in [0.25, 0.3) is 11.2 Å². The Bertz CT molecular complexity index is 1260. The van der Waals surface area contributed by atoms with Crippen LogP contribution in [0.1, 0.15) is 5.56 Å². The molecule has 0 saturated carbocycles. The van der Waals surface area contributed by atoms with Crippen LogP contribution >= 0.6 is 0 Å². The van der Waals surface area contributed by atoms with Crippen LogP contribution in [0.4, 0.5) is 10.1 Å². The molecule has 26 heavy (non-hydrogen) atoms. The van der Waals surface area contributed by atoms with Gasteiger partial charge in [-0.1, -0.05) is 12.1 Å². The Labute approximate surface area is 144 Å². The number of aromatic amines is 1. The molecule has 0 bridgehead atoms. The number of nitro benzene ring substituents is 1. The fourth-order valence-electron chi connectivity index (χ4n) is 2.65. The molecule has 2 aromatic heterocycles. The van der Waals surface area contributed by atoms with Crippen LogP contribution in [-0.2, 0) is 0 Å². The van der Waals surface area contributed by atoms with Gasteiger partial charge < -0.3 is 4.98 Å². The third-order valence-electron chi connectivity index (χ3n) is 3.86. The number of aromatic nitrogens is 3. The Morgan fingerprint density at radius 2 is 2.12 bits per heavy atom. The smallest absolute Gasteiger partial charge is 0.298 e. The van der Waals surface area contributed by atoms with Gasteiger partial charge in [0.05, 0.1) is 11.1 Å². The molecule has 0 aliphatic heterocycles. The van der Waals surface area contributed by atoms with E-state index in [4.69, 9.17) is 0 Å². The third kappa shape index (κ3) is 2.61. The Morgan fingerprint density at radius 3 is 2.92 bits per heavy atom. The molecule has 2 heterocycles. The first-order valence-corrected chi connectivity index (χ1v) is 7.50. The predicted molar refractivity (Wildman–Crippen MR) is 93.9 cm³/mol. The summed E-state index contributed by atoms with van der Waals surface area (Å²) in [5, 5.41) is 15.3. The zero-order chi connectivity index (χ0) is 18.3. The highest BCUT2D eigenvalue weighted by Crippen LogP contribution is 2.22. The van der Waals surface area contributed by atoms with Crippen molar-refractivity contribution in [1.82, 2.24) is 14.6 Å². The van der Waals surface area contributed by atoms with Crippen LogP contribution in [-0.4, -0.2) is 25.8 Å². The van der Waals surface area contributed by atoms with Gasteiger partial charge in [0.1, 0.15) is 23.2 Å². The summed E-state index contributed by atoms with van der Waals surface area (Å²) < 4.78 is 14.4. The zero-order valence-corrected chi connectivity index (χ0v) is 13.1. The number of hydrogen-bond donors (Lipinski definition) is 1. The van der Waals surface area contributed by atoms with E-state index in [0.717, 1.165) is 4.68 Å². The van der Waals surface area contributed by atoms with Gasteiger partial charge in [-0.2, -0.15) is 9.78 Å². The van der Waals surface area contributed by atoms with Crippen LogP contribution in [0.5, 0.6) is 0 Å². The van der Waals surface area contributed by atoms with E-state index in [0.29, 0.717) is 22.0 Å². The maximum absolute atomic E-state index is 13.4. The average Bonchev–Trinajstić information content (AvgIpc) is 3.00. The topological polar surface area (TPSA) is 106 Å². The van der Waals surface area contributed by atoms with Crippen molar-refractivity contribution in [2.24, 2.45) is 5.10 Å². The summed E-state index contributed by atoms with van der Waals surface area (Å²) in [5.74, 6) is -0.423. The minimum atomic E-state index is -0.513. The molecule has 8 nitrogen and oxygen atoms in total. The lowest BCUT2D eigenvalue weighted by Crippen LogP contribution is -2.17. The molecule has 1 N–H and O–H groups in total. The lowest BCUT2D eigenvalue weighted by Gasteiger charge is -1.98. The molecule has 4 aromatic rings. The van der Waals surface area contributed by atoms with Crippen molar-refractivity contribution in [2.75, 3.05) is 0 Å². The number of rotatable bonds is 3. The van der Waals surface area contributed by atoms with Crippen molar-refractivity contribution in [3.8, 4) is 0 Å². The van der Waals surface area contributed by atoms with Crippen molar-refractivity contribution < 1.29 is 9.31 Å². The monoisotopic (exact) mass is 351 g/mol. The van der Waals surface area contributed by atoms with E-state index in [-0.39, 0.29) is 11.2 Å². The van der Waals surface area contributed by atoms with Gasteiger partial charge in [0, 0.05) is 28.6 Å². The Balaban J connectivity index is 1.79. The Hall–Kier alpha value is -3.88. The molecule has 4 rings (SSSR count). The normalized spacial score (nSPS) is 11.6. The van der Waals surface area contributed by atoms with Crippen LogP contribution < -0.4 is 5.56 Å². The number of nitro groups is 1. The molecule has 2 aromatic carbocycles. The lowest BCUT2D eigenvalue weighted by molar-refractivity contribution is -0.384. The van der Waals surface area contributed by atoms with Gasteiger partial charge in [-0.15, -0.1) is 0 Å². The third-order valence-corrected chi connectivity index (χ3v) is 3.86. The van der Waals surface area contributed by atoms with Crippen molar-refractivity contribution in [3.05, 3.63) is 80.6 Å². The number of benzene rings is 2. The zero-order valence-electron chi connectivity index (χ0n) is 13.1. The van der Waals surface area contributed by atoms with Crippen LogP contribution in [0, 0.1) is 15.9 Å². The first kappa shape index (κ1) is 15.6. The SMILES string of the molecule is O=c1c2[nH]c3ccc(F)cc3c2ncn1N=Cc1cccc([N+](=O)[O-])c1. The first-order chi connectivity index (χ1) is 12.5. The maximum Gasteiger partial charge on any atom is 0.298 e. The summed E-state index contributed by atoms with van der Waals surface area (Å²) in [6.45, 7) is 0. The highest BCUT2D eigenvalue weighted by Gasteiger charge is 2.11. The lowest BCUT2D eigenvalue weighted by atomic mass is 10.2.